The van der Waals surface area contributed by atoms with Gasteiger partial charge in [-0.3, -0.25) is 4.79 Å². The molecule has 0 radical (unpaired) electrons. The third kappa shape index (κ3) is 5.92. The van der Waals surface area contributed by atoms with E-state index in [0.717, 1.165) is 12.8 Å². The molecule has 2 atom stereocenters. The van der Waals surface area contributed by atoms with E-state index in [1.807, 2.05) is 0 Å². The largest absolute Gasteiger partial charge is 0.354 e. The van der Waals surface area contributed by atoms with Crippen molar-refractivity contribution in [2.75, 3.05) is 27.2 Å². The van der Waals surface area contributed by atoms with E-state index >= 15 is 0 Å². The highest BCUT2D eigenvalue weighted by molar-refractivity contribution is 5.76. The zero-order chi connectivity index (χ0) is 14.3. The van der Waals surface area contributed by atoms with Crippen molar-refractivity contribution in [2.45, 2.75) is 38.1 Å². The maximum Gasteiger partial charge on any atom is 0.316 e. The van der Waals surface area contributed by atoms with Gasteiger partial charge in [0.15, 0.2) is 0 Å². The Morgan fingerprint density at radius 1 is 1.16 bits per heavy atom. The first-order valence-electron chi connectivity index (χ1n) is 6.98. The number of amides is 3. The summed E-state index contributed by atoms with van der Waals surface area (Å²) in [5.74, 6) is 0.339. The number of nitrogens with two attached hydrogens (primary N) is 1. The third-order valence-electron chi connectivity index (χ3n) is 3.55. The Hall–Kier alpha value is -1.30. The molecule has 3 amide bonds. The molecule has 1 fully saturated rings. The first-order valence-corrected chi connectivity index (χ1v) is 6.98. The summed E-state index contributed by atoms with van der Waals surface area (Å²) in [5.41, 5.74) is 6.01. The fraction of sp³-hybridized carbons (Fsp3) is 0.846. The van der Waals surface area contributed by atoms with Crippen molar-refractivity contribution in [1.29, 1.82) is 0 Å². The van der Waals surface area contributed by atoms with Gasteiger partial charge in [-0.2, -0.15) is 0 Å². The van der Waals surface area contributed by atoms with Crippen molar-refractivity contribution in [2.24, 2.45) is 11.7 Å². The van der Waals surface area contributed by atoms with Crippen LogP contribution in [-0.2, 0) is 4.79 Å². The monoisotopic (exact) mass is 270 g/mol. The van der Waals surface area contributed by atoms with Gasteiger partial charge in [0.1, 0.15) is 0 Å². The van der Waals surface area contributed by atoms with E-state index in [2.05, 4.69) is 10.6 Å². The number of carbonyl (C=O) groups is 2. The van der Waals surface area contributed by atoms with Crippen LogP contribution in [0, 0.1) is 5.92 Å². The summed E-state index contributed by atoms with van der Waals surface area (Å²) in [6, 6.07) is 0.0106. The van der Waals surface area contributed by atoms with E-state index in [1.165, 1.54) is 17.7 Å². The van der Waals surface area contributed by atoms with Gasteiger partial charge in [-0.1, -0.05) is 12.8 Å². The van der Waals surface area contributed by atoms with E-state index in [1.54, 1.807) is 14.1 Å². The van der Waals surface area contributed by atoms with Gasteiger partial charge >= 0.3 is 6.03 Å². The van der Waals surface area contributed by atoms with Crippen LogP contribution in [0.1, 0.15) is 32.1 Å². The van der Waals surface area contributed by atoms with Crippen LogP contribution in [0.15, 0.2) is 0 Å². The number of carbonyl (C=O) groups excluding carboxylic acids is 2. The number of hydrogen-bond donors (Lipinski definition) is 3. The molecule has 0 spiro atoms. The normalized spacial score (nSPS) is 22.7. The van der Waals surface area contributed by atoms with Gasteiger partial charge in [0.25, 0.3) is 0 Å². The molecular formula is C13H26N4O2. The van der Waals surface area contributed by atoms with Gasteiger partial charge in [0.2, 0.25) is 5.91 Å². The second-order valence-corrected chi connectivity index (χ2v) is 5.39. The van der Waals surface area contributed by atoms with Gasteiger partial charge < -0.3 is 21.3 Å². The topological polar surface area (TPSA) is 87.5 Å². The third-order valence-corrected chi connectivity index (χ3v) is 3.55. The predicted molar refractivity (Wildman–Crippen MR) is 74.6 cm³/mol. The van der Waals surface area contributed by atoms with Crippen LogP contribution >= 0.6 is 0 Å². The molecule has 1 rings (SSSR count). The summed E-state index contributed by atoms with van der Waals surface area (Å²) in [5, 5.41) is 5.51. The Balaban J connectivity index is 2.12. The minimum Gasteiger partial charge on any atom is -0.354 e. The fourth-order valence-corrected chi connectivity index (χ4v) is 2.33. The number of nitrogens with one attached hydrogen (secondary N) is 2. The summed E-state index contributed by atoms with van der Waals surface area (Å²) in [6.07, 6.45) is 4.92. The molecule has 0 bridgehead atoms. The Kier molecular flexibility index (Phi) is 6.62. The van der Waals surface area contributed by atoms with Crippen LogP contribution in [0.5, 0.6) is 0 Å². The SMILES string of the molecule is CN(C)C(=O)NCCNC(=O)CC1CCCCC1N. The maximum absolute atomic E-state index is 11.7. The Morgan fingerprint density at radius 2 is 1.79 bits per heavy atom. The number of hydrogen-bond acceptors (Lipinski definition) is 3. The molecule has 0 aromatic carbocycles. The Bertz CT molecular complexity index is 307. The summed E-state index contributed by atoms with van der Waals surface area (Å²) in [4.78, 5) is 24.4. The lowest BCUT2D eigenvalue weighted by atomic mass is 9.83. The zero-order valence-electron chi connectivity index (χ0n) is 11.9. The Morgan fingerprint density at radius 3 is 2.42 bits per heavy atom. The van der Waals surface area contributed by atoms with E-state index in [0.29, 0.717) is 25.4 Å². The highest BCUT2D eigenvalue weighted by atomic mass is 16.2. The average molecular weight is 270 g/mol. The molecule has 0 heterocycles. The van der Waals surface area contributed by atoms with Gasteiger partial charge in [-0.25, -0.2) is 4.79 Å². The average Bonchev–Trinajstić information content (AvgIpc) is 2.37. The van der Waals surface area contributed by atoms with Crippen molar-refractivity contribution in [1.82, 2.24) is 15.5 Å². The predicted octanol–water partition coefficient (Wildman–Crippen LogP) is 0.281. The van der Waals surface area contributed by atoms with Crippen LogP contribution in [0.25, 0.3) is 0 Å². The van der Waals surface area contributed by atoms with Crippen molar-refractivity contribution < 1.29 is 9.59 Å². The van der Waals surface area contributed by atoms with E-state index < -0.39 is 0 Å². The van der Waals surface area contributed by atoms with E-state index in [4.69, 9.17) is 5.73 Å². The lowest BCUT2D eigenvalue weighted by molar-refractivity contribution is -0.122. The van der Waals surface area contributed by atoms with Crippen LogP contribution in [0.2, 0.25) is 0 Å². The summed E-state index contributed by atoms with van der Waals surface area (Å²) in [6.45, 7) is 0.903. The smallest absolute Gasteiger partial charge is 0.316 e. The molecule has 1 aliphatic carbocycles. The molecule has 6 nitrogen and oxygen atoms in total. The standard InChI is InChI=1S/C13H26N4O2/c1-17(2)13(19)16-8-7-15-12(18)9-10-5-3-4-6-11(10)14/h10-11H,3-9,14H2,1-2H3,(H,15,18)(H,16,19). The fourth-order valence-electron chi connectivity index (χ4n) is 2.33. The van der Waals surface area contributed by atoms with Crippen LogP contribution in [-0.4, -0.2) is 50.1 Å². The van der Waals surface area contributed by atoms with Crippen molar-refractivity contribution in [3.8, 4) is 0 Å². The molecule has 0 aromatic heterocycles. The molecule has 0 aliphatic heterocycles. The minimum atomic E-state index is -0.149. The minimum absolute atomic E-state index is 0.0291. The highest BCUT2D eigenvalue weighted by Crippen LogP contribution is 2.25. The second-order valence-electron chi connectivity index (χ2n) is 5.39. The maximum atomic E-state index is 11.7. The number of rotatable bonds is 5. The molecule has 19 heavy (non-hydrogen) atoms. The first kappa shape index (κ1) is 15.8. The molecule has 4 N–H and O–H groups in total. The molecule has 2 unspecified atom stereocenters. The second kappa shape index (κ2) is 7.99. The lowest BCUT2D eigenvalue weighted by Crippen LogP contribution is -2.41. The summed E-state index contributed by atoms with van der Waals surface area (Å²) < 4.78 is 0. The summed E-state index contributed by atoms with van der Waals surface area (Å²) >= 11 is 0. The van der Waals surface area contributed by atoms with Crippen LogP contribution in [0.4, 0.5) is 4.79 Å². The zero-order valence-corrected chi connectivity index (χ0v) is 11.9. The first-order chi connectivity index (χ1) is 9.00. The van der Waals surface area contributed by atoms with Gasteiger partial charge in [-0.05, 0) is 18.8 Å². The molecule has 1 aliphatic rings. The van der Waals surface area contributed by atoms with Crippen molar-refractivity contribution >= 4 is 11.9 Å². The lowest BCUT2D eigenvalue weighted by Gasteiger charge is -2.27. The van der Waals surface area contributed by atoms with Crippen LogP contribution in [0.3, 0.4) is 0 Å². The molecule has 6 heteroatoms. The van der Waals surface area contributed by atoms with Gasteiger partial charge in [0.05, 0.1) is 0 Å². The van der Waals surface area contributed by atoms with E-state index in [9.17, 15) is 9.59 Å². The number of nitrogens with zero attached hydrogens (tertiary/aromatic N) is 1. The van der Waals surface area contributed by atoms with E-state index in [-0.39, 0.29) is 18.0 Å². The van der Waals surface area contributed by atoms with Crippen molar-refractivity contribution in [3.05, 3.63) is 0 Å². The number of urea groups is 1. The Labute approximate surface area is 115 Å². The van der Waals surface area contributed by atoms with Gasteiger partial charge in [-0.15, -0.1) is 0 Å². The molecule has 1 saturated carbocycles. The van der Waals surface area contributed by atoms with Crippen LogP contribution < -0.4 is 16.4 Å². The molecular weight excluding hydrogens is 244 g/mol. The van der Waals surface area contributed by atoms with Gasteiger partial charge in [0, 0.05) is 39.6 Å². The molecule has 0 saturated heterocycles. The highest BCUT2D eigenvalue weighted by Gasteiger charge is 2.23. The molecule has 110 valence electrons. The summed E-state index contributed by atoms with van der Waals surface area (Å²) in [7, 11) is 3.36. The molecule has 0 aromatic rings. The quantitative estimate of drug-likeness (QED) is 0.627. The van der Waals surface area contributed by atoms with Crippen molar-refractivity contribution in [3.63, 3.8) is 0 Å².